The number of nitrogens with one attached hydrogen (secondary N) is 1. The zero-order valence-corrected chi connectivity index (χ0v) is 8.06. The Morgan fingerprint density at radius 1 is 1.36 bits per heavy atom. The second-order valence-electron chi connectivity index (χ2n) is 3.05. The minimum absolute atomic E-state index is 0.0348. The molecule has 3 nitrogen and oxygen atoms in total. The van der Waals surface area contributed by atoms with Crippen LogP contribution in [0.1, 0.15) is 9.67 Å². The van der Waals surface area contributed by atoms with Gasteiger partial charge < -0.3 is 10.1 Å². The molecule has 1 aliphatic heterocycles. The van der Waals surface area contributed by atoms with Crippen LogP contribution < -0.4 is 10.1 Å². The average molecular weight is 205 g/mol. The third-order valence-electron chi connectivity index (χ3n) is 2.21. The molecule has 0 radical (unpaired) electrons. The van der Waals surface area contributed by atoms with E-state index in [0.717, 1.165) is 15.8 Å². The van der Waals surface area contributed by atoms with Crippen molar-refractivity contribution in [2.45, 2.75) is 0 Å². The van der Waals surface area contributed by atoms with Gasteiger partial charge in [0.15, 0.2) is 12.5 Å². The third-order valence-corrected chi connectivity index (χ3v) is 3.36. The fourth-order valence-corrected chi connectivity index (χ4v) is 2.63. The number of fused-ring (bicyclic) bond motifs is 3. The lowest BCUT2D eigenvalue weighted by atomic mass is 10.2. The highest BCUT2D eigenvalue weighted by molar-refractivity contribution is 7.21. The quantitative estimate of drug-likeness (QED) is 0.714. The largest absolute Gasteiger partial charge is 0.471 e. The SMILES string of the molecule is O=C1NCOc2c1sc1ccccc21. The summed E-state index contributed by atoms with van der Waals surface area (Å²) in [7, 11) is 0. The van der Waals surface area contributed by atoms with Crippen LogP contribution in [0.15, 0.2) is 24.3 Å². The zero-order chi connectivity index (χ0) is 9.54. The van der Waals surface area contributed by atoms with Gasteiger partial charge in [0.25, 0.3) is 5.91 Å². The molecular formula is C10H7NO2S. The summed E-state index contributed by atoms with van der Waals surface area (Å²) >= 11 is 1.47. The van der Waals surface area contributed by atoms with E-state index in [1.54, 1.807) is 0 Å². The van der Waals surface area contributed by atoms with Crippen LogP contribution in [-0.4, -0.2) is 12.6 Å². The lowest BCUT2D eigenvalue weighted by Crippen LogP contribution is -2.31. The summed E-state index contributed by atoms with van der Waals surface area (Å²) in [5, 5.41) is 3.68. The molecule has 1 N–H and O–H groups in total. The van der Waals surface area contributed by atoms with E-state index in [4.69, 9.17) is 4.74 Å². The van der Waals surface area contributed by atoms with Crippen LogP contribution in [-0.2, 0) is 0 Å². The zero-order valence-electron chi connectivity index (χ0n) is 7.24. The first-order valence-corrected chi connectivity index (χ1v) is 5.10. The molecule has 1 aromatic heterocycles. The second kappa shape index (κ2) is 2.72. The molecule has 3 rings (SSSR count). The molecule has 0 fully saturated rings. The average Bonchev–Trinajstić information content (AvgIpc) is 2.59. The first-order chi connectivity index (χ1) is 6.86. The van der Waals surface area contributed by atoms with Crippen LogP contribution >= 0.6 is 11.3 Å². The monoisotopic (exact) mass is 205 g/mol. The number of carbonyl (C=O) groups excluding carboxylic acids is 1. The summed E-state index contributed by atoms with van der Waals surface area (Å²) in [5.41, 5.74) is 0. The number of rotatable bonds is 0. The first kappa shape index (κ1) is 7.82. The first-order valence-electron chi connectivity index (χ1n) is 4.29. The van der Waals surface area contributed by atoms with Crippen LogP contribution in [0.25, 0.3) is 10.1 Å². The highest BCUT2D eigenvalue weighted by Gasteiger charge is 2.22. The van der Waals surface area contributed by atoms with Crippen LogP contribution in [0, 0.1) is 0 Å². The lowest BCUT2D eigenvalue weighted by Gasteiger charge is -2.13. The Morgan fingerprint density at radius 3 is 3.14 bits per heavy atom. The molecule has 1 amide bonds. The molecule has 0 saturated carbocycles. The molecule has 0 spiro atoms. The van der Waals surface area contributed by atoms with Gasteiger partial charge in [-0.25, -0.2) is 0 Å². The summed E-state index contributed by atoms with van der Waals surface area (Å²) in [5.74, 6) is 0.696. The normalized spacial score (nSPS) is 14.7. The van der Waals surface area contributed by atoms with Crippen molar-refractivity contribution >= 4 is 27.3 Å². The summed E-state index contributed by atoms with van der Waals surface area (Å²) in [6.45, 7) is 0.270. The maximum Gasteiger partial charge on any atom is 0.267 e. The minimum atomic E-state index is -0.0348. The summed E-state index contributed by atoms with van der Waals surface area (Å²) in [4.78, 5) is 12.2. The van der Waals surface area contributed by atoms with Crippen LogP contribution in [0.2, 0.25) is 0 Å². The lowest BCUT2D eigenvalue weighted by molar-refractivity contribution is 0.0891. The Kier molecular flexibility index (Phi) is 1.52. The van der Waals surface area contributed by atoms with E-state index in [2.05, 4.69) is 5.32 Å². The van der Waals surface area contributed by atoms with E-state index < -0.39 is 0 Å². The molecule has 0 aliphatic carbocycles. The van der Waals surface area contributed by atoms with Gasteiger partial charge in [0, 0.05) is 10.1 Å². The van der Waals surface area contributed by atoms with Crippen LogP contribution in [0.5, 0.6) is 5.75 Å². The van der Waals surface area contributed by atoms with Crippen molar-refractivity contribution in [2.75, 3.05) is 6.73 Å². The fourth-order valence-electron chi connectivity index (χ4n) is 1.57. The number of thiophene rings is 1. The van der Waals surface area contributed by atoms with Gasteiger partial charge >= 0.3 is 0 Å². The summed E-state index contributed by atoms with van der Waals surface area (Å²) in [6, 6.07) is 7.88. The molecule has 0 unspecified atom stereocenters. The van der Waals surface area contributed by atoms with Crippen LogP contribution in [0.3, 0.4) is 0 Å². The Labute approximate surface area is 84.3 Å². The van der Waals surface area contributed by atoms with Crippen molar-refractivity contribution < 1.29 is 9.53 Å². The fraction of sp³-hybridized carbons (Fsp3) is 0.100. The predicted molar refractivity (Wildman–Crippen MR) is 54.8 cm³/mol. The molecule has 0 atom stereocenters. The smallest absolute Gasteiger partial charge is 0.267 e. The van der Waals surface area contributed by atoms with Crippen molar-refractivity contribution in [1.29, 1.82) is 0 Å². The predicted octanol–water partition coefficient (Wildman–Crippen LogP) is 1.98. The van der Waals surface area contributed by atoms with E-state index in [-0.39, 0.29) is 12.6 Å². The molecule has 0 bridgehead atoms. The van der Waals surface area contributed by atoms with Crippen LogP contribution in [0.4, 0.5) is 0 Å². The Balaban J connectivity index is 2.38. The van der Waals surface area contributed by atoms with Crippen molar-refractivity contribution in [3.8, 4) is 5.75 Å². The maximum absolute atomic E-state index is 11.5. The third kappa shape index (κ3) is 0.943. The number of benzene rings is 1. The van der Waals surface area contributed by atoms with E-state index in [9.17, 15) is 4.79 Å². The highest BCUT2D eigenvalue weighted by Crippen LogP contribution is 2.38. The van der Waals surface area contributed by atoms with Gasteiger partial charge in [-0.05, 0) is 12.1 Å². The molecule has 0 saturated heterocycles. The van der Waals surface area contributed by atoms with E-state index in [1.165, 1.54) is 11.3 Å². The number of carbonyl (C=O) groups is 1. The summed E-state index contributed by atoms with van der Waals surface area (Å²) in [6.07, 6.45) is 0. The van der Waals surface area contributed by atoms with Gasteiger partial charge in [-0.3, -0.25) is 4.79 Å². The number of amides is 1. The number of hydrogen-bond acceptors (Lipinski definition) is 3. The van der Waals surface area contributed by atoms with Gasteiger partial charge in [-0.2, -0.15) is 0 Å². The van der Waals surface area contributed by atoms with Crippen molar-refractivity contribution in [3.63, 3.8) is 0 Å². The van der Waals surface area contributed by atoms with Crippen molar-refractivity contribution in [2.24, 2.45) is 0 Å². The Morgan fingerprint density at radius 2 is 2.21 bits per heavy atom. The van der Waals surface area contributed by atoms with Crippen molar-refractivity contribution in [3.05, 3.63) is 29.1 Å². The standard InChI is InChI=1S/C10H7NO2S/c12-10-9-8(13-5-11-10)6-3-1-2-4-7(6)14-9/h1-4H,5H2,(H,11,12). The van der Waals surface area contributed by atoms with E-state index >= 15 is 0 Å². The number of hydrogen-bond donors (Lipinski definition) is 1. The molecule has 70 valence electrons. The van der Waals surface area contributed by atoms with E-state index in [0.29, 0.717) is 4.88 Å². The molecule has 4 heteroatoms. The van der Waals surface area contributed by atoms with Gasteiger partial charge in [0.2, 0.25) is 0 Å². The minimum Gasteiger partial charge on any atom is -0.471 e. The highest BCUT2D eigenvalue weighted by atomic mass is 32.1. The number of ether oxygens (including phenoxy) is 1. The molecule has 2 aromatic rings. The maximum atomic E-state index is 11.5. The van der Waals surface area contributed by atoms with Gasteiger partial charge in [-0.1, -0.05) is 12.1 Å². The van der Waals surface area contributed by atoms with Crippen molar-refractivity contribution in [1.82, 2.24) is 5.32 Å². The molecule has 1 aliphatic rings. The molecule has 2 heterocycles. The topological polar surface area (TPSA) is 38.3 Å². The van der Waals surface area contributed by atoms with Gasteiger partial charge in [0.1, 0.15) is 4.88 Å². The van der Waals surface area contributed by atoms with E-state index in [1.807, 2.05) is 24.3 Å². The summed E-state index contributed by atoms with van der Waals surface area (Å²) < 4.78 is 6.52. The second-order valence-corrected chi connectivity index (χ2v) is 4.10. The Bertz CT molecular complexity index is 518. The van der Waals surface area contributed by atoms with Gasteiger partial charge in [0.05, 0.1) is 0 Å². The molecule has 1 aromatic carbocycles. The Hall–Kier alpha value is -1.55. The molecule has 14 heavy (non-hydrogen) atoms. The molecular weight excluding hydrogens is 198 g/mol. The van der Waals surface area contributed by atoms with Gasteiger partial charge in [-0.15, -0.1) is 11.3 Å².